The third-order valence-corrected chi connectivity index (χ3v) is 6.51. The first-order valence-corrected chi connectivity index (χ1v) is 11.1. The molecule has 5 rings (SSSR count). The molecule has 0 unspecified atom stereocenters. The molecule has 5 nitrogen and oxygen atoms in total. The van der Waals surface area contributed by atoms with Crippen LogP contribution >= 0.6 is 11.3 Å². The maximum absolute atomic E-state index is 5.96. The quantitative estimate of drug-likeness (QED) is 0.314. The van der Waals surface area contributed by atoms with Crippen LogP contribution in [-0.4, -0.2) is 9.97 Å². The second-order valence-corrected chi connectivity index (χ2v) is 8.55. The first-order valence-electron chi connectivity index (χ1n) is 10.3. The molecule has 6 heteroatoms. The van der Waals surface area contributed by atoms with Crippen molar-refractivity contribution in [1.29, 1.82) is 0 Å². The SMILES string of the molecule is Cc1c(-c2ccnc(N)n2)sc2ccc(Nc3cccc(OCc4ccccc4)c3)cc12. The number of thiophene rings is 1. The summed E-state index contributed by atoms with van der Waals surface area (Å²) in [5.41, 5.74) is 11.0. The summed E-state index contributed by atoms with van der Waals surface area (Å²) in [7, 11) is 0. The summed E-state index contributed by atoms with van der Waals surface area (Å²) in [5.74, 6) is 1.12. The maximum atomic E-state index is 5.96. The van der Waals surface area contributed by atoms with E-state index in [1.54, 1.807) is 17.5 Å². The second kappa shape index (κ2) is 8.69. The number of anilines is 3. The third-order valence-electron chi connectivity index (χ3n) is 5.21. The van der Waals surface area contributed by atoms with E-state index < -0.39 is 0 Å². The molecule has 0 fully saturated rings. The minimum absolute atomic E-state index is 0.288. The predicted molar refractivity (Wildman–Crippen MR) is 132 cm³/mol. The lowest BCUT2D eigenvalue weighted by Gasteiger charge is -2.10. The molecule has 0 atom stereocenters. The lowest BCUT2D eigenvalue weighted by atomic mass is 10.1. The lowest BCUT2D eigenvalue weighted by Crippen LogP contribution is -1.96. The van der Waals surface area contributed by atoms with Crippen molar-refractivity contribution in [1.82, 2.24) is 9.97 Å². The average molecular weight is 439 g/mol. The van der Waals surface area contributed by atoms with Crippen LogP contribution in [0.4, 0.5) is 17.3 Å². The summed E-state index contributed by atoms with van der Waals surface area (Å²) in [6.07, 6.45) is 1.70. The van der Waals surface area contributed by atoms with Gasteiger partial charge in [0, 0.05) is 28.3 Å². The minimum atomic E-state index is 0.288. The normalized spacial score (nSPS) is 10.9. The Hall–Kier alpha value is -3.90. The number of aromatic nitrogens is 2. The van der Waals surface area contributed by atoms with Gasteiger partial charge in [0.1, 0.15) is 12.4 Å². The van der Waals surface area contributed by atoms with E-state index in [0.29, 0.717) is 6.61 Å². The molecule has 158 valence electrons. The molecule has 0 spiro atoms. The highest BCUT2D eigenvalue weighted by Gasteiger charge is 2.13. The first kappa shape index (κ1) is 20.0. The number of nitrogens with two attached hydrogens (primary N) is 1. The molecule has 0 bridgehead atoms. The number of aryl methyl sites for hydroxylation is 1. The van der Waals surface area contributed by atoms with E-state index in [2.05, 4.69) is 52.5 Å². The lowest BCUT2D eigenvalue weighted by molar-refractivity contribution is 0.306. The maximum Gasteiger partial charge on any atom is 0.220 e. The molecular weight excluding hydrogens is 416 g/mol. The zero-order valence-electron chi connectivity index (χ0n) is 17.6. The Morgan fingerprint density at radius 1 is 0.938 bits per heavy atom. The Kier molecular flexibility index (Phi) is 5.44. The van der Waals surface area contributed by atoms with Gasteiger partial charge in [0.25, 0.3) is 0 Å². The van der Waals surface area contributed by atoms with Gasteiger partial charge in [-0.15, -0.1) is 11.3 Å². The summed E-state index contributed by atoms with van der Waals surface area (Å²) >= 11 is 1.71. The number of nitrogen functional groups attached to an aromatic ring is 1. The monoisotopic (exact) mass is 438 g/mol. The number of hydrogen-bond acceptors (Lipinski definition) is 6. The highest BCUT2D eigenvalue weighted by Crippen LogP contribution is 2.39. The number of rotatable bonds is 6. The molecule has 0 aliphatic carbocycles. The van der Waals surface area contributed by atoms with E-state index in [1.807, 2.05) is 48.5 Å². The predicted octanol–water partition coefficient (Wildman–Crippen LogP) is 6.57. The van der Waals surface area contributed by atoms with E-state index in [-0.39, 0.29) is 5.95 Å². The van der Waals surface area contributed by atoms with Crippen molar-refractivity contribution in [2.45, 2.75) is 13.5 Å². The average Bonchev–Trinajstić information content (AvgIpc) is 3.15. The Balaban J connectivity index is 1.37. The molecule has 2 aromatic heterocycles. The Bertz CT molecular complexity index is 1380. The Morgan fingerprint density at radius 3 is 2.62 bits per heavy atom. The molecule has 0 aliphatic heterocycles. The number of hydrogen-bond donors (Lipinski definition) is 2. The second-order valence-electron chi connectivity index (χ2n) is 7.49. The standard InChI is InChI=1S/C26H22N4OS/c1-17-22-15-20(10-11-24(22)32-25(17)23-12-13-28-26(27)30-23)29-19-8-5-9-21(14-19)31-16-18-6-3-2-4-7-18/h2-15,29H,16H2,1H3,(H2,27,28,30). The Labute approximate surface area is 190 Å². The van der Waals surface area contributed by atoms with E-state index >= 15 is 0 Å². The van der Waals surface area contributed by atoms with Gasteiger partial charge in [0.05, 0.1) is 10.6 Å². The fraction of sp³-hybridized carbons (Fsp3) is 0.0769. The molecule has 3 aromatic carbocycles. The first-order chi connectivity index (χ1) is 15.7. The van der Waals surface area contributed by atoms with Crippen LogP contribution in [0.5, 0.6) is 5.75 Å². The van der Waals surface area contributed by atoms with Crippen LogP contribution in [0.1, 0.15) is 11.1 Å². The van der Waals surface area contributed by atoms with Crippen LogP contribution in [0.15, 0.2) is 85.1 Å². The van der Waals surface area contributed by atoms with Gasteiger partial charge in [-0.1, -0.05) is 36.4 Å². The van der Waals surface area contributed by atoms with Crippen molar-refractivity contribution in [3.63, 3.8) is 0 Å². The van der Waals surface area contributed by atoms with Crippen LogP contribution in [0.3, 0.4) is 0 Å². The number of benzene rings is 3. The molecule has 32 heavy (non-hydrogen) atoms. The van der Waals surface area contributed by atoms with E-state index in [9.17, 15) is 0 Å². The summed E-state index contributed by atoms with van der Waals surface area (Å²) in [6.45, 7) is 2.66. The molecule has 0 saturated heterocycles. The zero-order chi connectivity index (χ0) is 21.9. The third kappa shape index (κ3) is 4.26. The van der Waals surface area contributed by atoms with Crippen molar-refractivity contribution in [3.05, 3.63) is 96.2 Å². The van der Waals surface area contributed by atoms with E-state index in [4.69, 9.17) is 10.5 Å². The van der Waals surface area contributed by atoms with Gasteiger partial charge in [0.2, 0.25) is 5.95 Å². The zero-order valence-corrected chi connectivity index (χ0v) is 18.4. The fourth-order valence-corrected chi connectivity index (χ4v) is 4.77. The van der Waals surface area contributed by atoms with Crippen LogP contribution < -0.4 is 15.8 Å². The molecule has 0 aliphatic rings. The fourth-order valence-electron chi connectivity index (χ4n) is 3.61. The van der Waals surface area contributed by atoms with Crippen molar-refractivity contribution in [2.24, 2.45) is 0 Å². The van der Waals surface area contributed by atoms with Crippen LogP contribution in [0.2, 0.25) is 0 Å². The molecule has 5 aromatic rings. The highest BCUT2D eigenvalue weighted by molar-refractivity contribution is 7.22. The smallest absolute Gasteiger partial charge is 0.220 e. The number of ether oxygens (including phenoxy) is 1. The number of nitrogens with zero attached hydrogens (tertiary/aromatic N) is 2. The molecule has 0 saturated carbocycles. The van der Waals surface area contributed by atoms with Crippen molar-refractivity contribution < 1.29 is 4.74 Å². The van der Waals surface area contributed by atoms with Gasteiger partial charge in [-0.05, 0) is 59.8 Å². The number of nitrogens with one attached hydrogen (secondary N) is 1. The topological polar surface area (TPSA) is 73.1 Å². The van der Waals surface area contributed by atoms with E-state index in [0.717, 1.165) is 33.3 Å². The van der Waals surface area contributed by atoms with Gasteiger partial charge in [-0.2, -0.15) is 0 Å². The van der Waals surface area contributed by atoms with Gasteiger partial charge >= 0.3 is 0 Å². The van der Waals surface area contributed by atoms with Crippen molar-refractivity contribution in [3.8, 4) is 16.3 Å². The van der Waals surface area contributed by atoms with Crippen LogP contribution in [0.25, 0.3) is 20.7 Å². The van der Waals surface area contributed by atoms with Gasteiger partial charge < -0.3 is 15.8 Å². The summed E-state index contributed by atoms with van der Waals surface area (Å²) in [4.78, 5) is 9.50. The summed E-state index contributed by atoms with van der Waals surface area (Å²) < 4.78 is 7.17. The van der Waals surface area contributed by atoms with Crippen molar-refractivity contribution in [2.75, 3.05) is 11.1 Å². The molecule has 2 heterocycles. The molecular formula is C26H22N4OS. The van der Waals surface area contributed by atoms with Crippen LogP contribution in [-0.2, 0) is 6.61 Å². The summed E-state index contributed by atoms with van der Waals surface area (Å²) in [6, 6.07) is 26.5. The summed E-state index contributed by atoms with van der Waals surface area (Å²) in [5, 5.41) is 4.70. The van der Waals surface area contributed by atoms with E-state index in [1.165, 1.54) is 15.6 Å². The minimum Gasteiger partial charge on any atom is -0.489 e. The molecule has 0 amide bonds. The molecule has 0 radical (unpaired) electrons. The largest absolute Gasteiger partial charge is 0.489 e. The van der Waals surface area contributed by atoms with Crippen LogP contribution in [0, 0.1) is 6.92 Å². The van der Waals surface area contributed by atoms with Gasteiger partial charge in [-0.3, -0.25) is 0 Å². The van der Waals surface area contributed by atoms with Gasteiger partial charge in [-0.25, -0.2) is 9.97 Å². The highest BCUT2D eigenvalue weighted by atomic mass is 32.1. The Morgan fingerprint density at radius 2 is 1.78 bits per heavy atom. The molecule has 3 N–H and O–H groups in total. The van der Waals surface area contributed by atoms with Crippen molar-refractivity contribution >= 4 is 38.7 Å². The van der Waals surface area contributed by atoms with Gasteiger partial charge in [0.15, 0.2) is 0 Å². The number of fused-ring (bicyclic) bond motifs is 1.